The van der Waals surface area contributed by atoms with Crippen LogP contribution in [0.2, 0.25) is 0 Å². The van der Waals surface area contributed by atoms with Crippen molar-refractivity contribution in [2.45, 2.75) is 105 Å². The second kappa shape index (κ2) is 14.3. The Morgan fingerprint density at radius 1 is 1.10 bits per heavy atom. The first-order chi connectivity index (χ1) is 19.5. The van der Waals surface area contributed by atoms with Crippen LogP contribution in [-0.2, 0) is 29.3 Å². The molecule has 3 amide bonds. The maximum Gasteiger partial charge on any atom is 0.328 e. The quantitative estimate of drug-likeness (QED) is 0.288. The van der Waals surface area contributed by atoms with Gasteiger partial charge in [0.15, 0.2) is 0 Å². The summed E-state index contributed by atoms with van der Waals surface area (Å²) in [6, 6.07) is 8.22. The number of esters is 1. The molecule has 1 heterocycles. The molecule has 1 aliphatic heterocycles. The Kier molecular flexibility index (Phi) is 12.0. The second-order valence-electron chi connectivity index (χ2n) is 13.6. The van der Waals surface area contributed by atoms with E-state index < -0.39 is 34.9 Å². The van der Waals surface area contributed by atoms with Crippen molar-refractivity contribution in [1.29, 1.82) is 0 Å². The summed E-state index contributed by atoms with van der Waals surface area (Å²) in [6.07, 6.45) is 3.74. The van der Waals surface area contributed by atoms with Gasteiger partial charge in [-0.1, -0.05) is 91.8 Å². The molecule has 4 atom stereocenters. The van der Waals surface area contributed by atoms with Crippen molar-refractivity contribution in [3.8, 4) is 0 Å². The average molecular weight is 584 g/mol. The van der Waals surface area contributed by atoms with Crippen LogP contribution in [0.4, 0.5) is 0 Å². The summed E-state index contributed by atoms with van der Waals surface area (Å²) in [4.78, 5) is 56.7. The first kappa shape index (κ1) is 35.0. The van der Waals surface area contributed by atoms with Gasteiger partial charge < -0.3 is 19.9 Å². The van der Waals surface area contributed by atoms with Crippen molar-refractivity contribution in [2.24, 2.45) is 17.3 Å². The zero-order valence-electron chi connectivity index (χ0n) is 27.6. The third kappa shape index (κ3) is 8.01. The smallest absolute Gasteiger partial charge is 0.328 e. The molecule has 0 bridgehead atoms. The standard InChI is InChI=1S/C34H53N3O5/c1-12-25(34(8,9)24-17-14-13-15-18-24)29(38)35-28(33(5,6)7)31(40)36(10)27(22(2)3)21-23(4)30(39)37-20-16-19-26(37)32(41)42-11/h13-15,17-18,21-22,25-28H,12,16,19-20H2,1-11H3,(H,35,38)/b23-21+/t25-,26?,27-,28-/m1/s1. The fraction of sp³-hybridized carbons (Fsp3) is 0.647. The van der Waals surface area contributed by atoms with Crippen LogP contribution in [0.5, 0.6) is 0 Å². The lowest BCUT2D eigenvalue weighted by Gasteiger charge is -2.40. The number of nitrogens with zero attached hydrogens (tertiary/aromatic N) is 2. The van der Waals surface area contributed by atoms with Gasteiger partial charge in [0, 0.05) is 30.5 Å². The highest BCUT2D eigenvalue weighted by molar-refractivity contribution is 5.96. The highest BCUT2D eigenvalue weighted by Gasteiger charge is 2.42. The van der Waals surface area contributed by atoms with E-state index in [1.54, 1.807) is 23.8 Å². The zero-order valence-corrected chi connectivity index (χ0v) is 27.6. The molecule has 0 aliphatic carbocycles. The first-order valence-electron chi connectivity index (χ1n) is 15.2. The molecule has 0 radical (unpaired) electrons. The summed E-state index contributed by atoms with van der Waals surface area (Å²) in [6.45, 7) is 18.2. The fourth-order valence-corrected chi connectivity index (χ4v) is 6.03. The van der Waals surface area contributed by atoms with Gasteiger partial charge in [-0.15, -0.1) is 0 Å². The number of methoxy groups -OCH3 is 1. The van der Waals surface area contributed by atoms with E-state index in [4.69, 9.17) is 4.74 Å². The molecule has 1 saturated heterocycles. The Balaban J connectivity index is 2.33. The highest BCUT2D eigenvalue weighted by Crippen LogP contribution is 2.35. The third-order valence-corrected chi connectivity index (χ3v) is 8.74. The molecule has 1 N–H and O–H groups in total. The minimum Gasteiger partial charge on any atom is -0.467 e. The minimum absolute atomic E-state index is 0.00611. The molecule has 1 aliphatic rings. The maximum absolute atomic E-state index is 14.1. The summed E-state index contributed by atoms with van der Waals surface area (Å²) in [5, 5.41) is 3.13. The van der Waals surface area contributed by atoms with Gasteiger partial charge in [-0.05, 0) is 43.1 Å². The number of likely N-dealkylation sites (tertiary alicyclic amines) is 1. The van der Waals surface area contributed by atoms with Gasteiger partial charge in [-0.25, -0.2) is 4.79 Å². The number of carbonyl (C=O) groups excluding carboxylic acids is 4. The SMILES string of the molecule is CC[C@H](C(=O)N[C@H](C(=O)N(C)[C@H](/C=C(\C)C(=O)N1CCCC1C(=O)OC)C(C)C)C(C)(C)C)C(C)(C)c1ccccc1. The van der Waals surface area contributed by atoms with E-state index >= 15 is 0 Å². The largest absolute Gasteiger partial charge is 0.467 e. The molecule has 42 heavy (non-hydrogen) atoms. The molecule has 1 unspecified atom stereocenters. The maximum atomic E-state index is 14.1. The van der Waals surface area contributed by atoms with Crippen LogP contribution in [-0.4, -0.2) is 72.3 Å². The molecule has 234 valence electrons. The van der Waals surface area contributed by atoms with Gasteiger partial charge >= 0.3 is 5.97 Å². The lowest BCUT2D eigenvalue weighted by atomic mass is 9.71. The number of nitrogens with one attached hydrogen (secondary N) is 1. The Hall–Kier alpha value is -3.16. The molecule has 2 rings (SSSR count). The minimum atomic E-state index is -0.774. The number of ether oxygens (including phenoxy) is 1. The van der Waals surface area contributed by atoms with Crippen LogP contribution in [0.3, 0.4) is 0 Å². The topological polar surface area (TPSA) is 96.0 Å². The molecule has 0 spiro atoms. The second-order valence-corrected chi connectivity index (χ2v) is 13.6. The molecule has 8 heteroatoms. The summed E-state index contributed by atoms with van der Waals surface area (Å²) >= 11 is 0. The number of hydrogen-bond donors (Lipinski definition) is 1. The molecule has 0 saturated carbocycles. The van der Waals surface area contributed by atoms with E-state index in [0.717, 1.165) is 12.0 Å². The number of likely N-dealkylation sites (N-methyl/N-ethyl adjacent to an activating group) is 1. The van der Waals surface area contributed by atoms with Crippen molar-refractivity contribution in [1.82, 2.24) is 15.1 Å². The summed E-state index contributed by atoms with van der Waals surface area (Å²) in [7, 11) is 3.06. The van der Waals surface area contributed by atoms with Crippen LogP contribution in [0.15, 0.2) is 42.0 Å². The molecule has 1 fully saturated rings. The third-order valence-electron chi connectivity index (χ3n) is 8.74. The number of rotatable bonds is 11. The van der Waals surface area contributed by atoms with Crippen LogP contribution >= 0.6 is 0 Å². The van der Waals surface area contributed by atoms with Gasteiger partial charge in [-0.2, -0.15) is 0 Å². The summed E-state index contributed by atoms with van der Waals surface area (Å²) < 4.78 is 4.90. The van der Waals surface area contributed by atoms with Crippen molar-refractivity contribution in [3.05, 3.63) is 47.5 Å². The predicted octanol–water partition coefficient (Wildman–Crippen LogP) is 5.11. The molecular weight excluding hydrogens is 530 g/mol. The average Bonchev–Trinajstić information content (AvgIpc) is 3.43. The van der Waals surface area contributed by atoms with Crippen LogP contribution < -0.4 is 5.32 Å². The van der Waals surface area contributed by atoms with E-state index in [2.05, 4.69) is 19.2 Å². The Labute approximate surface area is 253 Å². The van der Waals surface area contributed by atoms with E-state index in [9.17, 15) is 19.2 Å². The zero-order chi connectivity index (χ0) is 32.0. The van der Waals surface area contributed by atoms with Crippen molar-refractivity contribution in [3.63, 3.8) is 0 Å². The highest BCUT2D eigenvalue weighted by atomic mass is 16.5. The summed E-state index contributed by atoms with van der Waals surface area (Å²) in [5.74, 6) is -1.36. The number of benzene rings is 1. The fourth-order valence-electron chi connectivity index (χ4n) is 6.03. The lowest BCUT2D eigenvalue weighted by Crippen LogP contribution is -2.58. The van der Waals surface area contributed by atoms with Crippen LogP contribution in [0, 0.1) is 17.3 Å². The van der Waals surface area contributed by atoms with Gasteiger partial charge in [0.2, 0.25) is 17.7 Å². The van der Waals surface area contributed by atoms with Crippen LogP contribution in [0.1, 0.15) is 87.1 Å². The van der Waals surface area contributed by atoms with E-state index in [-0.39, 0.29) is 29.6 Å². The number of carbonyl (C=O) groups is 4. The van der Waals surface area contributed by atoms with E-state index in [1.165, 1.54) is 7.11 Å². The van der Waals surface area contributed by atoms with Gasteiger partial charge in [0.1, 0.15) is 12.1 Å². The lowest BCUT2D eigenvalue weighted by molar-refractivity contribution is -0.149. The Morgan fingerprint density at radius 2 is 1.69 bits per heavy atom. The monoisotopic (exact) mass is 583 g/mol. The Morgan fingerprint density at radius 3 is 2.19 bits per heavy atom. The Bertz CT molecular complexity index is 1140. The van der Waals surface area contributed by atoms with Crippen molar-refractivity contribution >= 4 is 23.7 Å². The molecule has 0 aromatic heterocycles. The molecule has 1 aromatic carbocycles. The molecular formula is C34H53N3O5. The predicted molar refractivity (Wildman–Crippen MR) is 167 cm³/mol. The molecule has 8 nitrogen and oxygen atoms in total. The normalized spacial score (nSPS) is 18.3. The van der Waals surface area contributed by atoms with E-state index in [0.29, 0.717) is 25.0 Å². The number of hydrogen-bond acceptors (Lipinski definition) is 5. The van der Waals surface area contributed by atoms with Crippen molar-refractivity contribution in [2.75, 3.05) is 20.7 Å². The first-order valence-corrected chi connectivity index (χ1v) is 15.2. The molecule has 1 aromatic rings. The van der Waals surface area contributed by atoms with E-state index in [1.807, 2.05) is 78.0 Å². The van der Waals surface area contributed by atoms with Crippen LogP contribution in [0.25, 0.3) is 0 Å². The van der Waals surface area contributed by atoms with Gasteiger partial charge in [0.05, 0.1) is 13.2 Å². The number of amides is 3. The van der Waals surface area contributed by atoms with Crippen molar-refractivity contribution < 1.29 is 23.9 Å². The van der Waals surface area contributed by atoms with Gasteiger partial charge in [0.25, 0.3) is 0 Å². The van der Waals surface area contributed by atoms with Gasteiger partial charge in [-0.3, -0.25) is 14.4 Å². The summed E-state index contributed by atoms with van der Waals surface area (Å²) in [5.41, 5.74) is 0.544.